The van der Waals surface area contributed by atoms with Crippen LogP contribution in [0.15, 0.2) is 65.6 Å². The first-order valence-corrected chi connectivity index (χ1v) is 9.86. The number of rotatable bonds is 3. The fourth-order valence-electron chi connectivity index (χ4n) is 3.48. The minimum atomic E-state index is -4.11. The van der Waals surface area contributed by atoms with E-state index in [1.165, 1.54) is 49.6 Å². The minimum absolute atomic E-state index is 0.123. The van der Waals surface area contributed by atoms with Gasteiger partial charge in [-0.05, 0) is 57.9 Å². The zero-order chi connectivity index (χ0) is 20.1. The highest BCUT2D eigenvalue weighted by atomic mass is 32.2. The predicted molar refractivity (Wildman–Crippen MR) is 105 cm³/mol. The minimum Gasteiger partial charge on any atom is -0.496 e. The van der Waals surface area contributed by atoms with Gasteiger partial charge in [0.15, 0.2) is 0 Å². The fourth-order valence-corrected chi connectivity index (χ4v) is 4.24. The second kappa shape index (κ2) is 6.54. The molecule has 0 aliphatic carbocycles. The number of benzene rings is 4. The van der Waals surface area contributed by atoms with Crippen molar-refractivity contribution < 1.29 is 21.9 Å². The fraction of sp³-hybridized carbons (Fsp3) is 0.0476. The van der Waals surface area contributed by atoms with E-state index < -0.39 is 21.7 Å². The smallest absolute Gasteiger partial charge is 0.238 e. The van der Waals surface area contributed by atoms with Gasteiger partial charge in [0.25, 0.3) is 0 Å². The maximum Gasteiger partial charge on any atom is 0.238 e. The third kappa shape index (κ3) is 2.98. The maximum atomic E-state index is 13.7. The summed E-state index contributed by atoms with van der Waals surface area (Å²) in [5.74, 6) is -0.482. The summed E-state index contributed by atoms with van der Waals surface area (Å²) < 4.78 is 57.6. The van der Waals surface area contributed by atoms with E-state index in [-0.39, 0.29) is 10.5 Å². The lowest BCUT2D eigenvalue weighted by Gasteiger charge is -2.17. The molecule has 0 unspecified atom stereocenters. The number of sulfonamides is 1. The normalized spacial score (nSPS) is 11.9. The van der Waals surface area contributed by atoms with E-state index in [4.69, 9.17) is 9.88 Å². The van der Waals surface area contributed by atoms with Gasteiger partial charge in [-0.3, -0.25) is 0 Å². The van der Waals surface area contributed by atoms with Crippen molar-refractivity contribution in [1.29, 1.82) is 0 Å². The predicted octanol–water partition coefficient (Wildman–Crippen LogP) is 4.59. The van der Waals surface area contributed by atoms with Gasteiger partial charge < -0.3 is 4.74 Å². The number of nitrogens with two attached hydrogens (primary N) is 1. The lowest BCUT2D eigenvalue weighted by atomic mass is 9.93. The second-order valence-electron chi connectivity index (χ2n) is 6.36. The third-order valence-electron chi connectivity index (χ3n) is 4.66. The van der Waals surface area contributed by atoms with Crippen molar-refractivity contribution in [1.82, 2.24) is 0 Å². The number of fused-ring (bicyclic) bond motifs is 2. The van der Waals surface area contributed by atoms with Crippen LogP contribution in [0.5, 0.6) is 5.75 Å². The van der Waals surface area contributed by atoms with Crippen LogP contribution in [-0.4, -0.2) is 15.5 Å². The summed E-state index contributed by atoms with van der Waals surface area (Å²) in [4.78, 5) is -0.123. The van der Waals surface area contributed by atoms with Crippen molar-refractivity contribution >= 4 is 31.6 Å². The lowest BCUT2D eigenvalue weighted by molar-refractivity contribution is 0.417. The largest absolute Gasteiger partial charge is 0.496 e. The molecule has 142 valence electrons. The first-order valence-electron chi connectivity index (χ1n) is 8.31. The molecule has 0 saturated heterocycles. The van der Waals surface area contributed by atoms with Crippen LogP contribution in [0.25, 0.3) is 32.7 Å². The summed E-state index contributed by atoms with van der Waals surface area (Å²) in [6, 6.07) is 14.4. The molecule has 4 nitrogen and oxygen atoms in total. The standard InChI is InChI=1S/C21H15F2NO3S/c1-27-18-8-2-12-10-14(22)4-6-16(12)20(18)21-17-7-5-15(23)11-13(17)3-9-19(21)28(24,25)26/h2-11H,1H3,(H2,24,25,26). The monoisotopic (exact) mass is 399 g/mol. The van der Waals surface area contributed by atoms with Crippen molar-refractivity contribution in [2.75, 3.05) is 7.11 Å². The first kappa shape index (κ1) is 18.3. The van der Waals surface area contributed by atoms with Gasteiger partial charge in [-0.1, -0.05) is 24.3 Å². The van der Waals surface area contributed by atoms with Crippen LogP contribution in [0.2, 0.25) is 0 Å². The molecule has 28 heavy (non-hydrogen) atoms. The van der Waals surface area contributed by atoms with Crippen molar-refractivity contribution in [3.05, 3.63) is 72.3 Å². The Morgan fingerprint density at radius 3 is 1.86 bits per heavy atom. The zero-order valence-electron chi connectivity index (χ0n) is 14.7. The van der Waals surface area contributed by atoms with E-state index in [2.05, 4.69) is 0 Å². The van der Waals surface area contributed by atoms with Gasteiger partial charge in [-0.25, -0.2) is 22.3 Å². The number of methoxy groups -OCH3 is 1. The molecule has 0 fully saturated rings. The van der Waals surface area contributed by atoms with Crippen LogP contribution in [0, 0.1) is 11.6 Å². The molecule has 0 spiro atoms. The van der Waals surface area contributed by atoms with Gasteiger partial charge in [0, 0.05) is 11.1 Å². The van der Waals surface area contributed by atoms with E-state index in [1.54, 1.807) is 18.2 Å². The van der Waals surface area contributed by atoms with Gasteiger partial charge in [-0.15, -0.1) is 0 Å². The summed E-state index contributed by atoms with van der Waals surface area (Å²) >= 11 is 0. The molecule has 0 aromatic heterocycles. The average Bonchev–Trinajstić information content (AvgIpc) is 2.65. The molecule has 0 aliphatic rings. The molecule has 4 aromatic carbocycles. The molecule has 2 N–H and O–H groups in total. The van der Waals surface area contributed by atoms with E-state index in [1.807, 2.05) is 0 Å². The van der Waals surface area contributed by atoms with Crippen molar-refractivity contribution in [2.24, 2.45) is 5.14 Å². The van der Waals surface area contributed by atoms with Crippen LogP contribution in [-0.2, 0) is 10.0 Å². The third-order valence-corrected chi connectivity index (χ3v) is 5.62. The van der Waals surface area contributed by atoms with Crippen LogP contribution in [0.3, 0.4) is 0 Å². The second-order valence-corrected chi connectivity index (χ2v) is 7.89. The molecule has 0 heterocycles. The van der Waals surface area contributed by atoms with Crippen molar-refractivity contribution in [2.45, 2.75) is 4.90 Å². The van der Waals surface area contributed by atoms with Crippen LogP contribution < -0.4 is 9.88 Å². The topological polar surface area (TPSA) is 69.4 Å². The number of ether oxygens (including phenoxy) is 1. The van der Waals surface area contributed by atoms with Gasteiger partial charge in [-0.2, -0.15) is 0 Å². The van der Waals surface area contributed by atoms with Gasteiger partial charge in [0.05, 0.1) is 12.0 Å². The van der Waals surface area contributed by atoms with Crippen molar-refractivity contribution in [3.8, 4) is 16.9 Å². The molecular formula is C21H15F2NO3S. The lowest BCUT2D eigenvalue weighted by Crippen LogP contribution is -2.14. The van der Waals surface area contributed by atoms with E-state index >= 15 is 0 Å². The Balaban J connectivity index is 2.26. The molecular weight excluding hydrogens is 384 g/mol. The SMILES string of the molecule is COc1ccc2cc(F)ccc2c1-c1c(S(N)(=O)=O)ccc2cc(F)ccc12. The molecule has 0 aliphatic heterocycles. The number of hydrogen-bond donors (Lipinski definition) is 1. The van der Waals surface area contributed by atoms with E-state index in [0.717, 1.165) is 0 Å². The summed E-state index contributed by atoms with van der Waals surface area (Å²) in [6.45, 7) is 0. The van der Waals surface area contributed by atoms with E-state index in [0.29, 0.717) is 32.9 Å². The quantitative estimate of drug-likeness (QED) is 0.548. The average molecular weight is 399 g/mol. The Morgan fingerprint density at radius 1 is 0.786 bits per heavy atom. The highest BCUT2D eigenvalue weighted by Gasteiger charge is 2.23. The Morgan fingerprint density at radius 2 is 1.32 bits per heavy atom. The number of primary sulfonamides is 1. The molecule has 0 radical (unpaired) electrons. The zero-order valence-corrected chi connectivity index (χ0v) is 15.6. The summed E-state index contributed by atoms with van der Waals surface area (Å²) in [5, 5.41) is 7.62. The van der Waals surface area contributed by atoms with Gasteiger partial charge in [0.1, 0.15) is 17.4 Å². The molecule has 0 saturated carbocycles. The van der Waals surface area contributed by atoms with Crippen LogP contribution in [0.4, 0.5) is 8.78 Å². The van der Waals surface area contributed by atoms with Crippen LogP contribution in [0.1, 0.15) is 0 Å². The summed E-state index contributed by atoms with van der Waals surface area (Å²) in [7, 11) is -2.65. The molecule has 4 rings (SSSR count). The number of hydrogen-bond acceptors (Lipinski definition) is 3. The molecule has 4 aromatic rings. The molecule has 7 heteroatoms. The van der Waals surface area contributed by atoms with Gasteiger partial charge >= 0.3 is 0 Å². The first-order chi connectivity index (χ1) is 13.3. The molecule has 0 bridgehead atoms. The Kier molecular flexibility index (Phi) is 4.28. The highest BCUT2D eigenvalue weighted by molar-refractivity contribution is 7.89. The molecule has 0 amide bonds. The molecule has 0 atom stereocenters. The summed E-state index contributed by atoms with van der Waals surface area (Å²) in [5.41, 5.74) is 0.732. The van der Waals surface area contributed by atoms with Gasteiger partial charge in [0.2, 0.25) is 10.0 Å². The van der Waals surface area contributed by atoms with Crippen molar-refractivity contribution in [3.63, 3.8) is 0 Å². The van der Waals surface area contributed by atoms with Crippen LogP contribution >= 0.6 is 0 Å². The van der Waals surface area contributed by atoms with E-state index in [9.17, 15) is 17.2 Å². The Bertz CT molecular complexity index is 1350. The number of halogens is 2. The highest BCUT2D eigenvalue weighted by Crippen LogP contribution is 2.43. The Labute approximate surface area is 160 Å². The summed E-state index contributed by atoms with van der Waals surface area (Å²) in [6.07, 6.45) is 0. The maximum absolute atomic E-state index is 13.7. The Hall–Kier alpha value is -3.03.